The molecule has 3 aliphatic rings. The molecule has 58 heavy (non-hydrogen) atoms. The fraction of sp³-hybridized carbons (Fsp3) is 0.404. The van der Waals surface area contributed by atoms with Crippen LogP contribution in [-0.2, 0) is 27.9 Å². The smallest absolute Gasteiger partial charge is 0.405 e. The van der Waals surface area contributed by atoms with Crippen molar-refractivity contribution < 1.29 is 33.7 Å². The molecule has 0 atom stereocenters. The summed E-state index contributed by atoms with van der Waals surface area (Å²) in [5.41, 5.74) is -0.988. The first kappa shape index (κ1) is 42.8. The summed E-state index contributed by atoms with van der Waals surface area (Å²) in [5, 5.41) is 10.1. The van der Waals surface area contributed by atoms with Crippen molar-refractivity contribution in [2.75, 3.05) is 7.15 Å². The highest BCUT2D eigenvalue weighted by molar-refractivity contribution is 9.10. The average Bonchev–Trinajstić information content (AvgIpc) is 3.64. The molecule has 6 aromatic rings. The Bertz CT molecular complexity index is 2360. The van der Waals surface area contributed by atoms with Gasteiger partial charge in [-0.2, -0.15) is 0 Å². The van der Waals surface area contributed by atoms with Gasteiger partial charge in [0.15, 0.2) is 0 Å². The highest BCUT2D eigenvalue weighted by Crippen LogP contribution is 2.43. The maximum Gasteiger partial charge on any atom is 0.495 e. The van der Waals surface area contributed by atoms with Crippen LogP contribution in [0.2, 0.25) is 0 Å². The fourth-order valence-electron chi connectivity index (χ4n) is 7.26. The van der Waals surface area contributed by atoms with E-state index in [0.717, 1.165) is 9.94 Å². The van der Waals surface area contributed by atoms with E-state index >= 15 is 0 Å². The molecule has 0 radical (unpaired) electrons. The van der Waals surface area contributed by atoms with Gasteiger partial charge in [0, 0.05) is 4.47 Å². The average molecular weight is 850 g/mol. The molecule has 3 aliphatic heterocycles. The molecular formula is C47H57B3BrFO6. The maximum absolute atomic E-state index is 9.96. The molecule has 304 valence electrons. The number of hydrogen-bond donors (Lipinski definition) is 0. The molecule has 6 nitrogen and oxygen atoms in total. The molecular weight excluding hydrogens is 792 g/mol. The Kier molecular flexibility index (Phi) is 12.0. The van der Waals surface area contributed by atoms with E-state index in [1.54, 1.807) is 0 Å². The minimum absolute atomic E-state index is 0.329. The first-order valence-corrected chi connectivity index (χ1v) is 20.7. The van der Waals surface area contributed by atoms with Crippen molar-refractivity contribution in [1.29, 1.82) is 0 Å². The molecule has 0 saturated carbocycles. The van der Waals surface area contributed by atoms with Gasteiger partial charge in [-0.1, -0.05) is 119 Å². The van der Waals surface area contributed by atoms with Crippen LogP contribution in [0.4, 0.5) is 4.39 Å². The molecule has 3 heterocycles. The van der Waals surface area contributed by atoms with E-state index in [0.29, 0.717) is 0 Å². The first-order chi connectivity index (χ1) is 27.5. The molecule has 0 aromatic heterocycles. The second-order valence-electron chi connectivity index (χ2n) is 18.2. The van der Waals surface area contributed by atoms with Crippen LogP contribution in [0.3, 0.4) is 0 Å². The molecule has 9 rings (SSSR count). The summed E-state index contributed by atoms with van der Waals surface area (Å²) in [5.74, 6) is 0. The normalized spacial score (nSPS) is 20.9. The Balaban J connectivity index is 0.000000147. The number of hydrogen-bond acceptors (Lipinski definition) is 6. The molecule has 0 N–H and O–H groups in total. The summed E-state index contributed by atoms with van der Waals surface area (Å²) in [4.78, 5) is 0. The van der Waals surface area contributed by atoms with Gasteiger partial charge in [0.1, 0.15) is 0 Å². The van der Waals surface area contributed by atoms with Gasteiger partial charge >= 0.3 is 21.1 Å². The molecule has 0 spiro atoms. The summed E-state index contributed by atoms with van der Waals surface area (Å²) in [7, 11) is -2.29. The Morgan fingerprint density at radius 3 is 1.14 bits per heavy atom. The van der Waals surface area contributed by atoms with Crippen LogP contribution in [0.25, 0.3) is 43.1 Å². The minimum Gasteiger partial charge on any atom is -0.405 e. The standard InChI is InChI=1S/C20H21BO2.C14H9Br.C12H24B2O4.CH3F/c1-19(2)20(3,4)23-21(22-19)18-13-14-9-5-6-10-15(14)16-11-7-8-12-17(16)18;15-14-9-10-5-1-2-6-11(10)12-7-3-4-8-13(12)14;1-9(2)10(3,4)16-13(15-9)14-17-11(5,6)12(7,8)18-14;1-2/h5-13H,1-4H3;1-9H;1-8H3;1H3/i;;;1D. The van der Waals surface area contributed by atoms with Gasteiger partial charge in [-0.05, 0) is 138 Å². The van der Waals surface area contributed by atoms with E-state index < -0.39 is 21.2 Å². The van der Waals surface area contributed by atoms with E-state index in [1.807, 2.05) is 55.4 Å². The van der Waals surface area contributed by atoms with E-state index in [4.69, 9.17) is 29.3 Å². The summed E-state index contributed by atoms with van der Waals surface area (Å²) in [6.45, 7) is 24.6. The van der Waals surface area contributed by atoms with E-state index in [1.165, 1.54) is 43.1 Å². The zero-order chi connectivity index (χ0) is 43.2. The van der Waals surface area contributed by atoms with E-state index in [-0.39, 0.29) is 40.7 Å². The lowest BCUT2D eigenvalue weighted by Crippen LogP contribution is -2.41. The number of alkyl halides is 1. The molecule has 3 fully saturated rings. The van der Waals surface area contributed by atoms with Gasteiger partial charge in [0.2, 0.25) is 0 Å². The van der Waals surface area contributed by atoms with E-state index in [9.17, 15) is 4.39 Å². The van der Waals surface area contributed by atoms with Crippen LogP contribution in [0.5, 0.6) is 0 Å². The predicted octanol–water partition coefficient (Wildman–Crippen LogP) is 11.9. The second kappa shape index (κ2) is 16.3. The molecule has 3 saturated heterocycles. The highest BCUT2D eigenvalue weighted by Gasteiger charge is 2.63. The van der Waals surface area contributed by atoms with Crippen LogP contribution in [0.1, 0.15) is 84.5 Å². The van der Waals surface area contributed by atoms with Crippen LogP contribution in [0.15, 0.2) is 114 Å². The Morgan fingerprint density at radius 1 is 0.431 bits per heavy atom. The minimum atomic E-state index is -1.00. The monoisotopic (exact) mass is 849 g/mol. The fourth-order valence-corrected chi connectivity index (χ4v) is 7.85. The summed E-state index contributed by atoms with van der Waals surface area (Å²) >= 11 is 3.62. The lowest BCUT2D eigenvalue weighted by Gasteiger charge is -2.32. The highest BCUT2D eigenvalue weighted by atomic mass is 79.9. The summed E-state index contributed by atoms with van der Waals surface area (Å²) in [6.07, 6.45) is 0. The van der Waals surface area contributed by atoms with Crippen molar-refractivity contribution >= 4 is 85.6 Å². The molecule has 6 aromatic carbocycles. The van der Waals surface area contributed by atoms with Crippen LogP contribution in [0, 0.1) is 0 Å². The molecule has 11 heteroatoms. The molecule has 0 unspecified atom stereocenters. The zero-order valence-corrected chi connectivity index (χ0v) is 37.6. The lowest BCUT2D eigenvalue weighted by molar-refractivity contribution is 0.00578. The van der Waals surface area contributed by atoms with Crippen LogP contribution >= 0.6 is 15.9 Å². The van der Waals surface area contributed by atoms with Gasteiger partial charge < -0.3 is 27.9 Å². The molecule has 0 aliphatic carbocycles. The summed E-state index contributed by atoms with van der Waals surface area (Å²) in [6, 6.07) is 38.3. The first-order valence-electron chi connectivity index (χ1n) is 20.6. The third kappa shape index (κ3) is 8.38. The third-order valence-corrected chi connectivity index (χ3v) is 13.4. The number of halogens is 2. The van der Waals surface area contributed by atoms with Crippen molar-refractivity contribution in [3.8, 4) is 0 Å². The van der Waals surface area contributed by atoms with Gasteiger partial charge in [0.25, 0.3) is 0 Å². The van der Waals surface area contributed by atoms with Crippen molar-refractivity contribution in [3.05, 3.63) is 114 Å². The lowest BCUT2D eigenvalue weighted by atomic mass is 9.49. The van der Waals surface area contributed by atoms with Crippen molar-refractivity contribution in [1.82, 2.24) is 0 Å². The third-order valence-electron chi connectivity index (χ3n) is 12.8. The SMILES string of the molecule is Brc1cc2ccccc2c2ccccc12.CC1(C)OB(B2OC(C)(C)C(C)(C)O2)OC1(C)C.CC1(C)OB(c2cc3ccccc3c3ccccc23)OC1(C)C.[2H]CF. The van der Waals surface area contributed by atoms with E-state index in [2.05, 4.69) is 153 Å². The van der Waals surface area contributed by atoms with Gasteiger partial charge in [-0.15, -0.1) is 0 Å². The summed E-state index contributed by atoms with van der Waals surface area (Å²) < 4.78 is 53.1. The van der Waals surface area contributed by atoms with Gasteiger partial charge in [-0.25, -0.2) is 0 Å². The Hall–Kier alpha value is -3.28. The Labute approximate surface area is 355 Å². The quantitative estimate of drug-likeness (QED) is 0.128. The number of benzene rings is 6. The zero-order valence-electron chi connectivity index (χ0n) is 37.0. The van der Waals surface area contributed by atoms with Crippen LogP contribution < -0.4 is 5.46 Å². The largest absolute Gasteiger partial charge is 0.495 e. The number of rotatable bonds is 2. The van der Waals surface area contributed by atoms with Crippen molar-refractivity contribution in [2.45, 2.75) is 117 Å². The Morgan fingerprint density at radius 2 is 0.724 bits per heavy atom. The maximum atomic E-state index is 9.96. The second-order valence-corrected chi connectivity index (χ2v) is 19.0. The molecule has 0 amide bonds. The van der Waals surface area contributed by atoms with Crippen molar-refractivity contribution in [3.63, 3.8) is 0 Å². The van der Waals surface area contributed by atoms with Gasteiger partial charge in [-0.3, -0.25) is 4.39 Å². The number of fused-ring (bicyclic) bond motifs is 6. The van der Waals surface area contributed by atoms with Crippen LogP contribution in [-0.4, -0.2) is 61.9 Å². The predicted molar refractivity (Wildman–Crippen MR) is 246 cm³/mol. The van der Waals surface area contributed by atoms with Crippen molar-refractivity contribution in [2.24, 2.45) is 0 Å². The molecule has 0 bridgehead atoms. The topological polar surface area (TPSA) is 55.4 Å². The van der Waals surface area contributed by atoms with Gasteiger partial charge in [0.05, 0.1) is 42.1 Å².